The first kappa shape index (κ1) is 16.6. The van der Waals surface area contributed by atoms with E-state index in [-0.39, 0.29) is 12.0 Å². The molecule has 0 bridgehead atoms. The lowest BCUT2D eigenvalue weighted by molar-refractivity contribution is 0.312. The topological polar surface area (TPSA) is 131 Å². The van der Waals surface area contributed by atoms with E-state index in [2.05, 4.69) is 30.6 Å². The Morgan fingerprint density at radius 1 is 1.19 bits per heavy atom. The Morgan fingerprint density at radius 3 is 2.89 bits per heavy atom. The van der Waals surface area contributed by atoms with Gasteiger partial charge in [-0.3, -0.25) is 4.98 Å². The summed E-state index contributed by atoms with van der Waals surface area (Å²) in [6.07, 6.45) is 1.60. The molecule has 0 saturated carbocycles. The molecule has 0 aliphatic carbocycles. The van der Waals surface area contributed by atoms with Crippen molar-refractivity contribution in [3.8, 4) is 6.01 Å². The Balaban J connectivity index is 1.58. The number of aromatic amines is 1. The maximum absolute atomic E-state index is 11.3. The van der Waals surface area contributed by atoms with Crippen LogP contribution in [0.25, 0.3) is 11.1 Å². The highest BCUT2D eigenvalue weighted by atomic mass is 16.5. The number of anilines is 3. The van der Waals surface area contributed by atoms with E-state index < -0.39 is 5.76 Å². The summed E-state index contributed by atoms with van der Waals surface area (Å²) in [6, 6.07) is 9.01. The summed E-state index contributed by atoms with van der Waals surface area (Å²) >= 11 is 0. The van der Waals surface area contributed by atoms with Crippen LogP contribution >= 0.6 is 0 Å². The largest absolute Gasteiger partial charge is 0.467 e. The third-order valence-corrected chi connectivity index (χ3v) is 3.57. The van der Waals surface area contributed by atoms with Crippen molar-refractivity contribution >= 4 is 28.7 Å². The first-order valence-corrected chi connectivity index (χ1v) is 8.24. The molecule has 0 unspecified atom stereocenters. The van der Waals surface area contributed by atoms with Crippen LogP contribution in [0.4, 0.5) is 17.6 Å². The monoisotopic (exact) mass is 368 g/mol. The first-order chi connectivity index (χ1) is 13.2. The van der Waals surface area contributed by atoms with E-state index in [9.17, 15) is 4.79 Å². The fourth-order valence-electron chi connectivity index (χ4n) is 2.42. The predicted molar refractivity (Wildman–Crippen MR) is 97.1 cm³/mol. The van der Waals surface area contributed by atoms with Gasteiger partial charge < -0.3 is 24.2 Å². The molecule has 0 aliphatic rings. The summed E-state index contributed by atoms with van der Waals surface area (Å²) in [5, 5.41) is 6.12. The molecule has 0 atom stereocenters. The highest BCUT2D eigenvalue weighted by Gasteiger charge is 2.10. The van der Waals surface area contributed by atoms with Gasteiger partial charge in [0.15, 0.2) is 5.58 Å². The summed E-state index contributed by atoms with van der Waals surface area (Å²) in [6.45, 7) is 2.68. The van der Waals surface area contributed by atoms with Crippen molar-refractivity contribution in [2.24, 2.45) is 0 Å². The van der Waals surface area contributed by atoms with Gasteiger partial charge in [-0.1, -0.05) is 0 Å². The summed E-state index contributed by atoms with van der Waals surface area (Å²) in [4.78, 5) is 26.6. The predicted octanol–water partition coefficient (Wildman–Crippen LogP) is 2.65. The molecular formula is C17H16N6O4. The zero-order chi connectivity index (χ0) is 18.6. The molecule has 0 amide bonds. The molecule has 10 heteroatoms. The Labute approximate surface area is 152 Å². The quantitative estimate of drug-likeness (QED) is 0.450. The van der Waals surface area contributed by atoms with Crippen LogP contribution in [0.5, 0.6) is 6.01 Å². The molecule has 0 spiro atoms. The average Bonchev–Trinajstić information content (AvgIpc) is 3.28. The lowest BCUT2D eigenvalue weighted by Crippen LogP contribution is -2.09. The van der Waals surface area contributed by atoms with E-state index in [0.717, 1.165) is 5.76 Å². The molecule has 0 radical (unpaired) electrons. The number of oxazole rings is 1. The molecule has 3 N–H and O–H groups in total. The third-order valence-electron chi connectivity index (χ3n) is 3.57. The first-order valence-electron chi connectivity index (χ1n) is 8.24. The molecule has 0 saturated heterocycles. The fourth-order valence-corrected chi connectivity index (χ4v) is 2.42. The molecule has 1 aromatic carbocycles. The number of fused-ring (bicyclic) bond motifs is 1. The van der Waals surface area contributed by atoms with Gasteiger partial charge in [-0.15, -0.1) is 0 Å². The molecule has 27 heavy (non-hydrogen) atoms. The van der Waals surface area contributed by atoms with Crippen molar-refractivity contribution < 1.29 is 13.6 Å². The van der Waals surface area contributed by atoms with Crippen LogP contribution in [-0.4, -0.2) is 26.5 Å². The zero-order valence-corrected chi connectivity index (χ0v) is 14.4. The normalized spacial score (nSPS) is 10.9. The number of H-pyrrole nitrogens is 1. The van der Waals surface area contributed by atoms with Crippen molar-refractivity contribution in [2.45, 2.75) is 13.5 Å². The van der Waals surface area contributed by atoms with Crippen molar-refractivity contribution in [1.29, 1.82) is 0 Å². The van der Waals surface area contributed by atoms with Gasteiger partial charge in [0, 0.05) is 11.8 Å². The number of nitrogens with zero attached hydrogens (tertiary/aromatic N) is 3. The number of hydrogen-bond acceptors (Lipinski definition) is 9. The maximum atomic E-state index is 11.3. The lowest BCUT2D eigenvalue weighted by Gasteiger charge is -2.09. The van der Waals surface area contributed by atoms with Crippen molar-refractivity contribution in [3.63, 3.8) is 0 Å². The second-order valence-corrected chi connectivity index (χ2v) is 5.48. The van der Waals surface area contributed by atoms with Crippen LogP contribution in [-0.2, 0) is 6.54 Å². The highest BCUT2D eigenvalue weighted by Crippen LogP contribution is 2.21. The molecular weight excluding hydrogens is 352 g/mol. The number of furan rings is 1. The van der Waals surface area contributed by atoms with Crippen LogP contribution in [0.1, 0.15) is 12.7 Å². The van der Waals surface area contributed by atoms with Gasteiger partial charge in [0.2, 0.25) is 11.9 Å². The minimum absolute atomic E-state index is 0.186. The number of benzene rings is 1. The molecule has 138 valence electrons. The maximum Gasteiger partial charge on any atom is 0.417 e. The van der Waals surface area contributed by atoms with Crippen molar-refractivity contribution in [2.75, 3.05) is 17.2 Å². The van der Waals surface area contributed by atoms with E-state index in [0.29, 0.717) is 35.9 Å². The SMILES string of the molecule is CCOc1nc(NCc2ccco2)nc(Nc2ccc3[nH]c(=O)oc3c2)n1. The van der Waals surface area contributed by atoms with Crippen LogP contribution in [0.3, 0.4) is 0 Å². The van der Waals surface area contributed by atoms with E-state index in [1.54, 1.807) is 30.5 Å². The van der Waals surface area contributed by atoms with Gasteiger partial charge in [-0.25, -0.2) is 4.79 Å². The molecule has 4 rings (SSSR count). The van der Waals surface area contributed by atoms with Gasteiger partial charge in [-0.05, 0) is 31.2 Å². The van der Waals surface area contributed by atoms with Gasteiger partial charge in [0.25, 0.3) is 0 Å². The zero-order valence-electron chi connectivity index (χ0n) is 14.4. The van der Waals surface area contributed by atoms with Crippen LogP contribution in [0.2, 0.25) is 0 Å². The minimum atomic E-state index is -0.509. The smallest absolute Gasteiger partial charge is 0.417 e. The molecule has 3 aromatic heterocycles. The van der Waals surface area contributed by atoms with Gasteiger partial charge in [0.05, 0.1) is 24.9 Å². The molecule has 0 fully saturated rings. The van der Waals surface area contributed by atoms with Gasteiger partial charge >= 0.3 is 11.8 Å². The highest BCUT2D eigenvalue weighted by molar-refractivity contribution is 5.77. The van der Waals surface area contributed by atoms with Crippen molar-refractivity contribution in [3.05, 3.63) is 52.9 Å². The number of nitrogens with one attached hydrogen (secondary N) is 3. The Hall–Kier alpha value is -3.82. The molecule has 3 heterocycles. The summed E-state index contributed by atoms with van der Waals surface area (Å²) < 4.78 is 15.7. The third kappa shape index (κ3) is 3.89. The molecule has 10 nitrogen and oxygen atoms in total. The molecule has 0 aliphatic heterocycles. The molecule has 4 aromatic rings. The van der Waals surface area contributed by atoms with E-state index in [1.165, 1.54) is 0 Å². The van der Waals surface area contributed by atoms with E-state index in [1.807, 2.05) is 13.0 Å². The van der Waals surface area contributed by atoms with Crippen LogP contribution in [0.15, 0.2) is 50.2 Å². The average molecular weight is 368 g/mol. The van der Waals surface area contributed by atoms with Crippen LogP contribution in [0, 0.1) is 0 Å². The van der Waals surface area contributed by atoms with Gasteiger partial charge in [0.1, 0.15) is 5.76 Å². The Bertz CT molecular complexity index is 1100. The van der Waals surface area contributed by atoms with Crippen molar-refractivity contribution in [1.82, 2.24) is 19.9 Å². The number of hydrogen-bond donors (Lipinski definition) is 3. The Kier molecular flexibility index (Phi) is 4.44. The second kappa shape index (κ2) is 7.20. The van der Waals surface area contributed by atoms with Crippen LogP contribution < -0.4 is 21.1 Å². The summed E-state index contributed by atoms with van der Waals surface area (Å²) in [7, 11) is 0. The summed E-state index contributed by atoms with van der Waals surface area (Å²) in [5.41, 5.74) is 1.69. The Morgan fingerprint density at radius 2 is 2.07 bits per heavy atom. The van der Waals surface area contributed by atoms with Gasteiger partial charge in [-0.2, -0.15) is 15.0 Å². The number of rotatable bonds is 7. The lowest BCUT2D eigenvalue weighted by atomic mass is 10.3. The fraction of sp³-hybridized carbons (Fsp3) is 0.176. The standard InChI is InChI=1S/C17H16N6O4/c1-2-25-16-22-14(18-9-11-4-3-7-26-11)21-15(23-16)19-10-5-6-12-13(8-10)27-17(24)20-12/h3-8H,2,9H2,1H3,(H,20,24)(H2,18,19,21,22,23). The second-order valence-electron chi connectivity index (χ2n) is 5.48. The summed E-state index contributed by atoms with van der Waals surface area (Å²) in [5.74, 6) is 0.857. The number of aromatic nitrogens is 4. The van der Waals surface area contributed by atoms with E-state index >= 15 is 0 Å². The number of ether oxygens (including phenoxy) is 1. The van der Waals surface area contributed by atoms with E-state index in [4.69, 9.17) is 13.6 Å². The minimum Gasteiger partial charge on any atom is -0.467 e.